The van der Waals surface area contributed by atoms with Crippen LogP contribution >= 0.6 is 0 Å². The number of guanidine groups is 1. The van der Waals surface area contributed by atoms with Crippen molar-refractivity contribution in [1.29, 1.82) is 0 Å². The topological polar surface area (TPSA) is 52.8 Å². The van der Waals surface area contributed by atoms with Crippen molar-refractivity contribution in [1.82, 2.24) is 15.5 Å². The fraction of sp³-hybridized carbons (Fsp3) is 0.476. The minimum atomic E-state index is -0.177. The Morgan fingerprint density at radius 2 is 2.00 bits per heavy atom. The molecule has 0 atom stereocenters. The van der Waals surface area contributed by atoms with Crippen molar-refractivity contribution in [2.75, 3.05) is 26.2 Å². The van der Waals surface area contributed by atoms with E-state index in [0.717, 1.165) is 62.7 Å². The molecule has 6 heteroatoms. The van der Waals surface area contributed by atoms with E-state index in [0.29, 0.717) is 12.6 Å². The van der Waals surface area contributed by atoms with Crippen molar-refractivity contribution in [3.8, 4) is 0 Å². The fourth-order valence-corrected chi connectivity index (χ4v) is 3.33. The van der Waals surface area contributed by atoms with Crippen LogP contribution in [0.15, 0.2) is 52.1 Å². The molecular weight excluding hydrogens is 343 g/mol. The maximum Gasteiger partial charge on any atom is 0.191 e. The molecule has 1 saturated heterocycles. The number of rotatable bonds is 7. The zero-order valence-corrected chi connectivity index (χ0v) is 16.0. The van der Waals surface area contributed by atoms with E-state index >= 15 is 0 Å². The van der Waals surface area contributed by atoms with Crippen LogP contribution in [0.5, 0.6) is 0 Å². The normalized spacial score (nSPS) is 16.4. The van der Waals surface area contributed by atoms with Crippen LogP contribution in [0, 0.1) is 5.82 Å². The summed E-state index contributed by atoms with van der Waals surface area (Å²) in [4.78, 5) is 7.09. The molecule has 0 saturated carbocycles. The quantitative estimate of drug-likeness (QED) is 0.579. The monoisotopic (exact) mass is 372 g/mol. The van der Waals surface area contributed by atoms with Gasteiger partial charge in [-0.1, -0.05) is 12.1 Å². The zero-order chi connectivity index (χ0) is 18.9. The van der Waals surface area contributed by atoms with Crippen molar-refractivity contribution in [2.24, 2.45) is 4.99 Å². The predicted octanol–water partition coefficient (Wildman–Crippen LogP) is 3.18. The molecule has 1 aliphatic heterocycles. The first kappa shape index (κ1) is 19.4. The van der Waals surface area contributed by atoms with Crippen molar-refractivity contribution in [3.63, 3.8) is 0 Å². The van der Waals surface area contributed by atoms with Gasteiger partial charge in [-0.3, -0.25) is 9.89 Å². The summed E-state index contributed by atoms with van der Waals surface area (Å²) < 4.78 is 18.4. The smallest absolute Gasteiger partial charge is 0.191 e. The Hall–Kier alpha value is -2.34. The lowest BCUT2D eigenvalue weighted by Gasteiger charge is -2.33. The molecule has 3 rings (SSSR count). The lowest BCUT2D eigenvalue weighted by molar-refractivity contribution is 0.198. The Morgan fingerprint density at radius 1 is 1.22 bits per heavy atom. The minimum Gasteiger partial charge on any atom is -0.469 e. The average Bonchev–Trinajstić information content (AvgIpc) is 3.19. The van der Waals surface area contributed by atoms with Crippen LogP contribution in [0.4, 0.5) is 4.39 Å². The molecule has 0 bridgehead atoms. The Kier molecular flexibility index (Phi) is 7.27. The Morgan fingerprint density at radius 3 is 2.67 bits per heavy atom. The van der Waals surface area contributed by atoms with Gasteiger partial charge in [-0.25, -0.2) is 4.39 Å². The molecule has 1 aliphatic rings. The van der Waals surface area contributed by atoms with Gasteiger partial charge in [-0.15, -0.1) is 0 Å². The number of hydrogen-bond donors (Lipinski definition) is 2. The van der Waals surface area contributed by atoms with Gasteiger partial charge in [0.2, 0.25) is 0 Å². The van der Waals surface area contributed by atoms with Gasteiger partial charge < -0.3 is 15.1 Å². The fourth-order valence-electron chi connectivity index (χ4n) is 3.33. The number of likely N-dealkylation sites (tertiary alicyclic amines) is 1. The van der Waals surface area contributed by atoms with Gasteiger partial charge in [0.1, 0.15) is 11.6 Å². The van der Waals surface area contributed by atoms with Crippen molar-refractivity contribution in [2.45, 2.75) is 38.8 Å². The average molecular weight is 372 g/mol. The highest BCUT2D eigenvalue weighted by molar-refractivity contribution is 5.80. The molecule has 2 aromatic rings. The summed E-state index contributed by atoms with van der Waals surface area (Å²) in [6.07, 6.45) is 4.65. The van der Waals surface area contributed by atoms with E-state index in [1.807, 2.05) is 24.3 Å². The van der Waals surface area contributed by atoms with Crippen LogP contribution in [0.1, 0.15) is 31.1 Å². The third-order valence-corrected chi connectivity index (χ3v) is 4.80. The largest absolute Gasteiger partial charge is 0.469 e. The summed E-state index contributed by atoms with van der Waals surface area (Å²) in [7, 11) is 0. The molecule has 5 nitrogen and oxygen atoms in total. The van der Waals surface area contributed by atoms with Gasteiger partial charge in [-0.2, -0.15) is 0 Å². The molecule has 146 valence electrons. The molecule has 1 aromatic heterocycles. The number of halogens is 1. The van der Waals surface area contributed by atoms with E-state index in [1.54, 1.807) is 6.26 Å². The molecular formula is C21H29FN4O. The van der Waals surface area contributed by atoms with Crippen LogP contribution in [-0.4, -0.2) is 43.1 Å². The van der Waals surface area contributed by atoms with E-state index in [9.17, 15) is 4.39 Å². The maximum absolute atomic E-state index is 13.0. The number of nitrogens with zero attached hydrogens (tertiary/aromatic N) is 2. The summed E-state index contributed by atoms with van der Waals surface area (Å²) in [6, 6.07) is 11.1. The molecule has 1 fully saturated rings. The number of aliphatic imine (C=N–C) groups is 1. The molecule has 27 heavy (non-hydrogen) atoms. The summed E-state index contributed by atoms with van der Waals surface area (Å²) in [6.45, 7) is 6.56. The van der Waals surface area contributed by atoms with E-state index in [2.05, 4.69) is 27.4 Å². The lowest BCUT2D eigenvalue weighted by Crippen LogP contribution is -2.48. The summed E-state index contributed by atoms with van der Waals surface area (Å²) in [5.41, 5.74) is 1.16. The summed E-state index contributed by atoms with van der Waals surface area (Å²) in [5.74, 6) is 1.66. The van der Waals surface area contributed by atoms with E-state index in [4.69, 9.17) is 4.42 Å². The second-order valence-electron chi connectivity index (χ2n) is 6.91. The van der Waals surface area contributed by atoms with Crippen LogP contribution in [0.2, 0.25) is 0 Å². The highest BCUT2D eigenvalue weighted by Gasteiger charge is 2.20. The molecule has 0 radical (unpaired) electrons. The maximum atomic E-state index is 13.0. The van der Waals surface area contributed by atoms with Gasteiger partial charge in [-0.05, 0) is 49.6 Å². The molecule has 0 unspecified atom stereocenters. The summed E-state index contributed by atoms with van der Waals surface area (Å²) >= 11 is 0. The highest BCUT2D eigenvalue weighted by atomic mass is 19.1. The number of benzene rings is 1. The number of nitrogens with one attached hydrogen (secondary N) is 2. The van der Waals surface area contributed by atoms with Gasteiger partial charge >= 0.3 is 0 Å². The minimum absolute atomic E-state index is 0.177. The number of hydrogen-bond acceptors (Lipinski definition) is 3. The van der Waals surface area contributed by atoms with Crippen molar-refractivity contribution in [3.05, 3.63) is 59.8 Å². The molecule has 0 aliphatic carbocycles. The van der Waals surface area contributed by atoms with E-state index in [-0.39, 0.29) is 5.82 Å². The predicted molar refractivity (Wildman–Crippen MR) is 106 cm³/mol. The van der Waals surface area contributed by atoms with E-state index < -0.39 is 0 Å². The number of furan rings is 1. The Bertz CT molecular complexity index is 691. The third-order valence-electron chi connectivity index (χ3n) is 4.80. The highest BCUT2D eigenvalue weighted by Crippen LogP contribution is 2.14. The molecule has 0 amide bonds. The third kappa shape index (κ3) is 6.40. The molecule has 2 N–H and O–H groups in total. The van der Waals surface area contributed by atoms with Gasteiger partial charge in [0.15, 0.2) is 5.96 Å². The van der Waals surface area contributed by atoms with Gasteiger partial charge in [0, 0.05) is 45.2 Å². The van der Waals surface area contributed by atoms with E-state index in [1.165, 1.54) is 12.1 Å². The van der Waals surface area contributed by atoms with Crippen molar-refractivity contribution >= 4 is 5.96 Å². The molecule has 1 aromatic carbocycles. The first-order valence-corrected chi connectivity index (χ1v) is 9.77. The van der Waals surface area contributed by atoms with Gasteiger partial charge in [0.25, 0.3) is 0 Å². The van der Waals surface area contributed by atoms with Crippen molar-refractivity contribution < 1.29 is 8.81 Å². The van der Waals surface area contributed by atoms with Crippen LogP contribution in [0.3, 0.4) is 0 Å². The summed E-state index contributed by atoms with van der Waals surface area (Å²) in [5, 5.41) is 6.89. The Labute approximate surface area is 160 Å². The standard InChI is InChI=1S/C21H29FN4O/c1-2-23-21(24-12-9-20-4-3-15-27-20)25-19-10-13-26(14-11-19)16-17-5-7-18(22)8-6-17/h3-8,15,19H,2,9-14,16H2,1H3,(H2,23,24,25). The molecule has 2 heterocycles. The first-order chi connectivity index (χ1) is 13.2. The van der Waals surface area contributed by atoms with Crippen LogP contribution < -0.4 is 10.6 Å². The first-order valence-electron chi connectivity index (χ1n) is 9.77. The second kappa shape index (κ2) is 10.1. The zero-order valence-electron chi connectivity index (χ0n) is 16.0. The van der Waals surface area contributed by atoms with Gasteiger partial charge in [0.05, 0.1) is 6.26 Å². The van der Waals surface area contributed by atoms with Crippen LogP contribution in [-0.2, 0) is 13.0 Å². The lowest BCUT2D eigenvalue weighted by atomic mass is 10.0. The number of piperidine rings is 1. The second-order valence-corrected chi connectivity index (χ2v) is 6.91. The Balaban J connectivity index is 1.43. The molecule has 0 spiro atoms. The SMILES string of the molecule is CCNC(=NCCc1ccco1)NC1CCN(Cc2ccc(F)cc2)CC1. The van der Waals surface area contributed by atoms with Crippen LogP contribution in [0.25, 0.3) is 0 Å².